The van der Waals surface area contributed by atoms with Crippen molar-refractivity contribution in [3.05, 3.63) is 36.4 Å². The molecule has 3 heteroatoms. The number of rotatable bonds is 5. The van der Waals surface area contributed by atoms with Crippen LogP contribution in [0.5, 0.6) is 5.75 Å². The minimum absolute atomic E-state index is 0.543. The zero-order chi connectivity index (χ0) is 10.4. The van der Waals surface area contributed by atoms with Gasteiger partial charge in [0, 0.05) is 10.6 Å². The number of para-hydroxylation sites is 1. The summed E-state index contributed by atoms with van der Waals surface area (Å²) in [7, 11) is 0. The Bertz CT molecular complexity index is 310. The van der Waals surface area contributed by atoms with Gasteiger partial charge in [-0.1, -0.05) is 18.7 Å². The molecule has 0 aliphatic heterocycles. The molecule has 0 aromatic heterocycles. The first kappa shape index (κ1) is 11.5. The van der Waals surface area contributed by atoms with Crippen molar-refractivity contribution in [2.45, 2.75) is 4.90 Å². The van der Waals surface area contributed by atoms with Gasteiger partial charge < -0.3 is 4.74 Å². The summed E-state index contributed by atoms with van der Waals surface area (Å²) in [6.07, 6.45) is 2.04. The SMILES string of the molecule is C=C(CS)COc1ccccc1SC. The fourth-order valence-electron chi connectivity index (χ4n) is 0.964. The lowest BCUT2D eigenvalue weighted by molar-refractivity contribution is 0.345. The van der Waals surface area contributed by atoms with Gasteiger partial charge >= 0.3 is 0 Å². The molecule has 0 bridgehead atoms. The zero-order valence-corrected chi connectivity index (χ0v) is 9.91. The zero-order valence-electron chi connectivity index (χ0n) is 8.19. The second-order valence-corrected chi connectivity index (χ2v) is 4.01. The Morgan fingerprint density at radius 1 is 1.50 bits per heavy atom. The van der Waals surface area contributed by atoms with E-state index in [4.69, 9.17) is 4.74 Å². The van der Waals surface area contributed by atoms with E-state index in [0.717, 1.165) is 16.2 Å². The molecule has 1 rings (SSSR count). The van der Waals surface area contributed by atoms with Crippen molar-refractivity contribution in [1.82, 2.24) is 0 Å². The lowest BCUT2D eigenvalue weighted by atomic mass is 10.3. The molecule has 0 heterocycles. The number of thioether (sulfide) groups is 1. The van der Waals surface area contributed by atoms with Crippen LogP contribution in [-0.2, 0) is 0 Å². The maximum Gasteiger partial charge on any atom is 0.133 e. The number of benzene rings is 1. The highest BCUT2D eigenvalue weighted by Crippen LogP contribution is 2.27. The van der Waals surface area contributed by atoms with Gasteiger partial charge in [-0.2, -0.15) is 12.6 Å². The smallest absolute Gasteiger partial charge is 0.133 e. The summed E-state index contributed by atoms with van der Waals surface area (Å²) in [5, 5.41) is 0. The maximum atomic E-state index is 5.61. The van der Waals surface area contributed by atoms with Gasteiger partial charge in [0.1, 0.15) is 12.4 Å². The number of hydrogen-bond acceptors (Lipinski definition) is 3. The van der Waals surface area contributed by atoms with Crippen LogP contribution in [0.25, 0.3) is 0 Å². The third-order valence-corrected chi connectivity index (χ3v) is 2.95. The van der Waals surface area contributed by atoms with Crippen LogP contribution in [0.1, 0.15) is 0 Å². The molecule has 1 nitrogen and oxygen atoms in total. The van der Waals surface area contributed by atoms with E-state index >= 15 is 0 Å². The van der Waals surface area contributed by atoms with E-state index in [1.807, 2.05) is 30.5 Å². The van der Waals surface area contributed by atoms with E-state index in [-0.39, 0.29) is 0 Å². The summed E-state index contributed by atoms with van der Waals surface area (Å²) in [6, 6.07) is 7.99. The van der Waals surface area contributed by atoms with Crippen LogP contribution in [0.4, 0.5) is 0 Å². The molecule has 76 valence electrons. The molecule has 14 heavy (non-hydrogen) atoms. The molecule has 0 saturated carbocycles. The highest BCUT2D eigenvalue weighted by molar-refractivity contribution is 7.98. The summed E-state index contributed by atoms with van der Waals surface area (Å²) in [4.78, 5) is 1.15. The highest BCUT2D eigenvalue weighted by Gasteiger charge is 2.01. The first-order chi connectivity index (χ1) is 6.77. The number of ether oxygens (including phenoxy) is 1. The Balaban J connectivity index is 2.61. The average molecular weight is 226 g/mol. The Labute approximate surface area is 95.0 Å². The van der Waals surface area contributed by atoms with E-state index < -0.39 is 0 Å². The van der Waals surface area contributed by atoms with E-state index in [1.54, 1.807) is 11.8 Å². The normalized spacial score (nSPS) is 9.86. The molecule has 0 aliphatic rings. The summed E-state index contributed by atoms with van der Waals surface area (Å²) in [5.41, 5.74) is 0.990. The van der Waals surface area contributed by atoms with Gasteiger partial charge in [0.05, 0.1) is 0 Å². The van der Waals surface area contributed by atoms with E-state index in [2.05, 4.69) is 19.2 Å². The van der Waals surface area contributed by atoms with Crippen LogP contribution < -0.4 is 4.74 Å². The van der Waals surface area contributed by atoms with Crippen LogP contribution in [-0.4, -0.2) is 18.6 Å². The predicted octanol–water partition coefficient (Wildman–Crippen LogP) is 3.27. The minimum Gasteiger partial charge on any atom is -0.488 e. The molecule has 1 aromatic rings. The Morgan fingerprint density at radius 3 is 2.86 bits per heavy atom. The van der Waals surface area contributed by atoms with Gasteiger partial charge in [0.2, 0.25) is 0 Å². The molecule has 0 amide bonds. The van der Waals surface area contributed by atoms with Gasteiger partial charge in [-0.3, -0.25) is 0 Å². The second-order valence-electron chi connectivity index (χ2n) is 2.85. The monoisotopic (exact) mass is 226 g/mol. The fraction of sp³-hybridized carbons (Fsp3) is 0.273. The molecular formula is C11H14OS2. The molecule has 0 saturated heterocycles. The Morgan fingerprint density at radius 2 is 2.21 bits per heavy atom. The van der Waals surface area contributed by atoms with Gasteiger partial charge in [-0.25, -0.2) is 0 Å². The van der Waals surface area contributed by atoms with Crippen LogP contribution >= 0.6 is 24.4 Å². The topological polar surface area (TPSA) is 9.23 Å². The summed E-state index contributed by atoms with van der Waals surface area (Å²) in [5.74, 6) is 1.59. The van der Waals surface area contributed by atoms with Crippen LogP contribution in [0.2, 0.25) is 0 Å². The van der Waals surface area contributed by atoms with Crippen LogP contribution in [0.15, 0.2) is 41.3 Å². The van der Waals surface area contributed by atoms with Gasteiger partial charge in [-0.05, 0) is 24.0 Å². The van der Waals surface area contributed by atoms with Crippen molar-refractivity contribution in [3.63, 3.8) is 0 Å². The first-order valence-corrected chi connectivity index (χ1v) is 6.17. The molecule has 0 N–H and O–H groups in total. The molecule has 0 spiro atoms. The molecular weight excluding hydrogens is 212 g/mol. The minimum atomic E-state index is 0.543. The fourth-order valence-corrected chi connectivity index (χ4v) is 1.60. The van der Waals surface area contributed by atoms with Crippen molar-refractivity contribution in [3.8, 4) is 5.75 Å². The molecule has 0 aliphatic carbocycles. The lowest BCUT2D eigenvalue weighted by Gasteiger charge is -2.09. The number of thiol groups is 1. The molecule has 0 unspecified atom stereocenters. The average Bonchev–Trinajstić information content (AvgIpc) is 2.26. The van der Waals surface area contributed by atoms with Crippen molar-refractivity contribution in [1.29, 1.82) is 0 Å². The van der Waals surface area contributed by atoms with Gasteiger partial charge in [0.25, 0.3) is 0 Å². The summed E-state index contributed by atoms with van der Waals surface area (Å²) in [6.45, 7) is 4.38. The highest BCUT2D eigenvalue weighted by atomic mass is 32.2. The standard InChI is InChI=1S/C11H14OS2/c1-9(8-13)7-12-10-5-3-4-6-11(10)14-2/h3-6,13H,1,7-8H2,2H3. The first-order valence-electron chi connectivity index (χ1n) is 4.31. The Kier molecular flexibility index (Phi) is 4.98. The third-order valence-electron chi connectivity index (χ3n) is 1.72. The summed E-state index contributed by atoms with van der Waals surface area (Å²) < 4.78 is 5.61. The van der Waals surface area contributed by atoms with Crippen molar-refractivity contribution in [2.24, 2.45) is 0 Å². The van der Waals surface area contributed by atoms with E-state index in [1.165, 1.54) is 0 Å². The molecule has 0 atom stereocenters. The van der Waals surface area contributed by atoms with Crippen molar-refractivity contribution in [2.75, 3.05) is 18.6 Å². The maximum absolute atomic E-state index is 5.61. The molecule has 1 aromatic carbocycles. The van der Waals surface area contributed by atoms with Crippen LogP contribution in [0.3, 0.4) is 0 Å². The Hall–Kier alpha value is -0.540. The predicted molar refractivity (Wildman–Crippen MR) is 66.7 cm³/mol. The molecule has 0 fully saturated rings. The van der Waals surface area contributed by atoms with Gasteiger partial charge in [0.15, 0.2) is 0 Å². The quantitative estimate of drug-likeness (QED) is 0.469. The van der Waals surface area contributed by atoms with Gasteiger partial charge in [-0.15, -0.1) is 11.8 Å². The second kappa shape index (κ2) is 6.04. The third kappa shape index (κ3) is 3.31. The van der Waals surface area contributed by atoms with Crippen molar-refractivity contribution >= 4 is 24.4 Å². The number of hydrogen-bond donors (Lipinski definition) is 1. The summed E-state index contributed by atoms with van der Waals surface area (Å²) >= 11 is 5.81. The van der Waals surface area contributed by atoms with E-state index in [0.29, 0.717) is 12.4 Å². The lowest BCUT2D eigenvalue weighted by Crippen LogP contribution is -2.01. The van der Waals surface area contributed by atoms with Crippen molar-refractivity contribution < 1.29 is 4.74 Å². The largest absolute Gasteiger partial charge is 0.488 e. The van der Waals surface area contributed by atoms with Crippen LogP contribution in [0, 0.1) is 0 Å². The van der Waals surface area contributed by atoms with E-state index in [9.17, 15) is 0 Å². The molecule has 0 radical (unpaired) electrons.